The quantitative estimate of drug-likeness (QED) is 0.571. The van der Waals surface area contributed by atoms with Crippen LogP contribution in [0.3, 0.4) is 0 Å². The molecule has 0 spiro atoms. The lowest BCUT2D eigenvalue weighted by atomic mass is 10.1. The molecule has 1 amide bonds. The summed E-state index contributed by atoms with van der Waals surface area (Å²) in [4.78, 5) is 33.3. The number of halogens is 1. The summed E-state index contributed by atoms with van der Waals surface area (Å²) in [6.07, 6.45) is 0. The summed E-state index contributed by atoms with van der Waals surface area (Å²) in [6, 6.07) is 2.19. The van der Waals surface area contributed by atoms with Gasteiger partial charge in [-0.15, -0.1) is 0 Å². The van der Waals surface area contributed by atoms with E-state index >= 15 is 0 Å². The lowest BCUT2D eigenvalue weighted by Crippen LogP contribution is -2.10. The fraction of sp³-hybridized carbons (Fsp3) is 0.100. The predicted molar refractivity (Wildman–Crippen MR) is 50.4 cm³/mol. The highest BCUT2D eigenvalue weighted by atomic mass is 19.1. The lowest BCUT2D eigenvalue weighted by Gasteiger charge is -2.05. The number of hydrogen-bond acceptors (Lipinski definition) is 4. The Kier molecular flexibility index (Phi) is 2.19. The molecule has 0 atom stereocenters. The zero-order valence-electron chi connectivity index (χ0n) is 8.17. The molecule has 1 heterocycles. The molecule has 0 unspecified atom stereocenters. The Balaban J connectivity index is 2.63. The smallest absolute Gasteiger partial charge is 0.349 e. The van der Waals surface area contributed by atoms with Crippen molar-refractivity contribution in [2.24, 2.45) is 0 Å². The number of ether oxygens (including phenoxy) is 1. The van der Waals surface area contributed by atoms with E-state index in [0.29, 0.717) is 0 Å². The Morgan fingerprint density at radius 3 is 2.50 bits per heavy atom. The molecule has 5 nitrogen and oxygen atoms in total. The number of rotatable bonds is 1. The van der Waals surface area contributed by atoms with Crippen LogP contribution in [0.4, 0.5) is 10.1 Å². The third-order valence-electron chi connectivity index (χ3n) is 2.06. The molecule has 82 valence electrons. The third kappa shape index (κ3) is 1.44. The van der Waals surface area contributed by atoms with E-state index in [0.717, 1.165) is 6.07 Å². The van der Waals surface area contributed by atoms with Gasteiger partial charge >= 0.3 is 11.9 Å². The standard InChI is InChI=1S/C10H6FNO4/c1-4(13)12-6-3-2-5(11)7-8(6)10(15)16-9(7)14/h2-3H,1H3,(H,12,13). The number of carbonyl (C=O) groups excluding carboxylic acids is 3. The highest BCUT2D eigenvalue weighted by molar-refractivity contribution is 6.18. The van der Waals surface area contributed by atoms with Gasteiger partial charge in [0.1, 0.15) is 16.9 Å². The Morgan fingerprint density at radius 1 is 1.25 bits per heavy atom. The molecule has 0 aliphatic carbocycles. The molecule has 16 heavy (non-hydrogen) atoms. The minimum atomic E-state index is -1.04. The van der Waals surface area contributed by atoms with Crippen molar-refractivity contribution in [2.45, 2.75) is 6.92 Å². The maximum Gasteiger partial charge on any atom is 0.349 e. The van der Waals surface area contributed by atoms with Crippen LogP contribution < -0.4 is 5.32 Å². The van der Waals surface area contributed by atoms with E-state index in [1.165, 1.54) is 13.0 Å². The molecule has 6 heteroatoms. The first-order valence-corrected chi connectivity index (χ1v) is 4.37. The van der Waals surface area contributed by atoms with E-state index in [1.807, 2.05) is 0 Å². The van der Waals surface area contributed by atoms with Gasteiger partial charge in [0.05, 0.1) is 5.69 Å². The number of amides is 1. The number of fused-ring (bicyclic) bond motifs is 1. The molecule has 1 aliphatic rings. The van der Waals surface area contributed by atoms with Gasteiger partial charge in [-0.2, -0.15) is 0 Å². The summed E-state index contributed by atoms with van der Waals surface area (Å²) in [6.45, 7) is 1.23. The maximum absolute atomic E-state index is 13.3. The van der Waals surface area contributed by atoms with Gasteiger partial charge in [-0.3, -0.25) is 4.79 Å². The molecule has 1 aliphatic heterocycles. The Morgan fingerprint density at radius 2 is 1.88 bits per heavy atom. The molecule has 0 bridgehead atoms. The Bertz CT molecular complexity index is 524. The zero-order valence-corrected chi connectivity index (χ0v) is 8.17. The fourth-order valence-electron chi connectivity index (χ4n) is 1.47. The van der Waals surface area contributed by atoms with Crippen LogP contribution >= 0.6 is 0 Å². The molecule has 0 aromatic heterocycles. The predicted octanol–water partition coefficient (Wildman–Crippen LogP) is 1.09. The van der Waals surface area contributed by atoms with Crippen molar-refractivity contribution in [3.05, 3.63) is 29.1 Å². The largest absolute Gasteiger partial charge is 0.386 e. The van der Waals surface area contributed by atoms with Crippen molar-refractivity contribution in [2.75, 3.05) is 5.32 Å². The van der Waals surface area contributed by atoms with Gasteiger partial charge in [-0.05, 0) is 12.1 Å². The van der Waals surface area contributed by atoms with Crippen LogP contribution in [-0.2, 0) is 9.53 Å². The number of anilines is 1. The maximum atomic E-state index is 13.3. The number of cyclic esters (lactones) is 2. The third-order valence-corrected chi connectivity index (χ3v) is 2.06. The second-order valence-corrected chi connectivity index (χ2v) is 3.20. The lowest BCUT2D eigenvalue weighted by molar-refractivity contribution is -0.114. The van der Waals surface area contributed by atoms with Gasteiger partial charge in [0, 0.05) is 6.92 Å². The van der Waals surface area contributed by atoms with E-state index in [1.54, 1.807) is 0 Å². The highest BCUT2D eigenvalue weighted by Crippen LogP contribution is 2.29. The molecule has 1 aromatic rings. The van der Waals surface area contributed by atoms with Crippen LogP contribution in [0.2, 0.25) is 0 Å². The van der Waals surface area contributed by atoms with Crippen molar-refractivity contribution < 1.29 is 23.5 Å². The van der Waals surface area contributed by atoms with Gasteiger partial charge in [0.25, 0.3) is 0 Å². The normalized spacial score (nSPS) is 13.4. The number of esters is 2. The van der Waals surface area contributed by atoms with Crippen LogP contribution in [0.5, 0.6) is 0 Å². The topological polar surface area (TPSA) is 72.5 Å². The summed E-state index contributed by atoms with van der Waals surface area (Å²) in [5.74, 6) is -3.27. The van der Waals surface area contributed by atoms with E-state index in [4.69, 9.17) is 0 Å². The Labute approximate surface area is 89.2 Å². The number of hydrogen-bond donors (Lipinski definition) is 1. The molecule has 0 fully saturated rings. The fourth-order valence-corrected chi connectivity index (χ4v) is 1.47. The highest BCUT2D eigenvalue weighted by Gasteiger charge is 2.35. The van der Waals surface area contributed by atoms with Gasteiger partial charge in [0.15, 0.2) is 0 Å². The molecule has 0 saturated heterocycles. The van der Waals surface area contributed by atoms with Gasteiger partial charge in [-0.25, -0.2) is 14.0 Å². The molecule has 0 radical (unpaired) electrons. The van der Waals surface area contributed by atoms with Crippen LogP contribution in [0.25, 0.3) is 0 Å². The molecule has 2 rings (SSSR count). The van der Waals surface area contributed by atoms with Crippen molar-refractivity contribution in [3.8, 4) is 0 Å². The van der Waals surface area contributed by atoms with Crippen LogP contribution in [0.15, 0.2) is 12.1 Å². The van der Waals surface area contributed by atoms with Gasteiger partial charge in [-0.1, -0.05) is 0 Å². The number of nitrogens with one attached hydrogen (secondary N) is 1. The molecular formula is C10H6FNO4. The summed E-state index contributed by atoms with van der Waals surface area (Å²) in [5.41, 5.74) is -0.601. The second-order valence-electron chi connectivity index (χ2n) is 3.20. The molecule has 0 saturated carbocycles. The monoisotopic (exact) mass is 223 g/mol. The first-order chi connectivity index (χ1) is 7.50. The Hall–Kier alpha value is -2.24. The van der Waals surface area contributed by atoms with E-state index in [2.05, 4.69) is 10.1 Å². The SMILES string of the molecule is CC(=O)Nc1ccc(F)c2c1C(=O)OC2=O. The second kappa shape index (κ2) is 3.41. The van der Waals surface area contributed by atoms with Crippen LogP contribution in [0.1, 0.15) is 27.6 Å². The summed E-state index contributed by atoms with van der Waals surface area (Å²) in [5, 5.41) is 2.32. The van der Waals surface area contributed by atoms with Crippen molar-refractivity contribution >= 4 is 23.5 Å². The number of carbonyl (C=O) groups is 3. The summed E-state index contributed by atoms with van der Waals surface area (Å²) < 4.78 is 17.5. The zero-order chi connectivity index (χ0) is 11.9. The first-order valence-electron chi connectivity index (χ1n) is 4.37. The molecular weight excluding hydrogens is 217 g/mol. The van der Waals surface area contributed by atoms with E-state index in [-0.39, 0.29) is 11.3 Å². The summed E-state index contributed by atoms with van der Waals surface area (Å²) >= 11 is 0. The summed E-state index contributed by atoms with van der Waals surface area (Å²) in [7, 11) is 0. The van der Waals surface area contributed by atoms with Gasteiger partial charge in [0.2, 0.25) is 5.91 Å². The van der Waals surface area contributed by atoms with Crippen LogP contribution in [-0.4, -0.2) is 17.8 Å². The average Bonchev–Trinajstić information content (AvgIpc) is 2.47. The number of benzene rings is 1. The first kappa shape index (κ1) is 10.3. The van der Waals surface area contributed by atoms with E-state index < -0.39 is 29.2 Å². The van der Waals surface area contributed by atoms with Crippen molar-refractivity contribution in [1.82, 2.24) is 0 Å². The minimum Gasteiger partial charge on any atom is -0.386 e. The van der Waals surface area contributed by atoms with Gasteiger partial charge < -0.3 is 10.1 Å². The van der Waals surface area contributed by atoms with Crippen LogP contribution in [0, 0.1) is 5.82 Å². The van der Waals surface area contributed by atoms with Crippen molar-refractivity contribution in [3.63, 3.8) is 0 Å². The molecule has 1 aromatic carbocycles. The minimum absolute atomic E-state index is 0.0692. The average molecular weight is 223 g/mol. The molecule has 1 N–H and O–H groups in total. The van der Waals surface area contributed by atoms with Crippen molar-refractivity contribution in [1.29, 1.82) is 0 Å². The van der Waals surface area contributed by atoms with E-state index in [9.17, 15) is 18.8 Å².